The van der Waals surface area contributed by atoms with Crippen molar-refractivity contribution in [2.75, 3.05) is 7.11 Å². The van der Waals surface area contributed by atoms with Gasteiger partial charge in [0, 0.05) is 5.02 Å². The standard InChI is InChI=1S/C10H9ClN2O2S/c1-15-9(14)5-13-8-4-6(11)2-3-7(8)12-10(13)16/h2-4H,5H2,1H3,(H,12,16). The number of aromatic amines is 1. The second-order valence-corrected chi connectivity index (χ2v) is 4.08. The Hall–Kier alpha value is -1.33. The molecule has 6 heteroatoms. The first-order valence-corrected chi connectivity index (χ1v) is 5.35. The number of ether oxygens (including phenoxy) is 1. The minimum absolute atomic E-state index is 0.0790. The third kappa shape index (κ3) is 1.96. The molecule has 1 aromatic heterocycles. The fraction of sp³-hybridized carbons (Fsp3) is 0.200. The zero-order chi connectivity index (χ0) is 11.7. The van der Waals surface area contributed by atoms with Gasteiger partial charge >= 0.3 is 5.97 Å². The van der Waals surface area contributed by atoms with Gasteiger partial charge in [0.2, 0.25) is 0 Å². The van der Waals surface area contributed by atoms with Gasteiger partial charge in [-0.25, -0.2) is 0 Å². The Morgan fingerprint density at radius 2 is 2.38 bits per heavy atom. The van der Waals surface area contributed by atoms with Crippen LogP contribution in [0.25, 0.3) is 11.0 Å². The van der Waals surface area contributed by atoms with Crippen LogP contribution in [0.3, 0.4) is 0 Å². The molecular weight excluding hydrogens is 248 g/mol. The summed E-state index contributed by atoms with van der Waals surface area (Å²) in [7, 11) is 1.34. The van der Waals surface area contributed by atoms with Crippen LogP contribution in [0.2, 0.25) is 5.02 Å². The molecule has 0 saturated carbocycles. The molecule has 4 nitrogen and oxygen atoms in total. The molecule has 1 heterocycles. The Bertz CT molecular complexity index is 602. The molecule has 1 N–H and O–H groups in total. The van der Waals surface area contributed by atoms with Crippen molar-refractivity contribution < 1.29 is 9.53 Å². The highest BCUT2D eigenvalue weighted by atomic mass is 35.5. The Morgan fingerprint density at radius 1 is 1.62 bits per heavy atom. The van der Waals surface area contributed by atoms with E-state index in [4.69, 9.17) is 23.8 Å². The highest BCUT2D eigenvalue weighted by Crippen LogP contribution is 2.19. The summed E-state index contributed by atoms with van der Waals surface area (Å²) in [6.45, 7) is 0.0790. The van der Waals surface area contributed by atoms with Crippen molar-refractivity contribution in [1.82, 2.24) is 9.55 Å². The lowest BCUT2D eigenvalue weighted by atomic mass is 10.3. The van der Waals surface area contributed by atoms with Gasteiger partial charge in [0.15, 0.2) is 4.77 Å². The summed E-state index contributed by atoms with van der Waals surface area (Å²) in [4.78, 5) is 14.2. The second-order valence-electron chi connectivity index (χ2n) is 3.25. The van der Waals surface area contributed by atoms with Gasteiger partial charge in [0.25, 0.3) is 0 Å². The highest BCUT2D eigenvalue weighted by Gasteiger charge is 2.08. The van der Waals surface area contributed by atoms with Crippen LogP contribution in [0.15, 0.2) is 18.2 Å². The lowest BCUT2D eigenvalue weighted by Gasteiger charge is -2.02. The van der Waals surface area contributed by atoms with Gasteiger partial charge in [0.1, 0.15) is 6.54 Å². The van der Waals surface area contributed by atoms with Crippen LogP contribution in [0, 0.1) is 4.77 Å². The number of imidazole rings is 1. The summed E-state index contributed by atoms with van der Waals surface area (Å²) in [5.74, 6) is -0.350. The molecule has 0 atom stereocenters. The number of benzene rings is 1. The number of fused-ring (bicyclic) bond motifs is 1. The van der Waals surface area contributed by atoms with Crippen molar-refractivity contribution in [3.63, 3.8) is 0 Å². The largest absolute Gasteiger partial charge is 0.468 e. The highest BCUT2D eigenvalue weighted by molar-refractivity contribution is 7.71. The van der Waals surface area contributed by atoms with Crippen LogP contribution in [-0.2, 0) is 16.1 Å². The molecule has 1 aromatic carbocycles. The van der Waals surface area contributed by atoms with E-state index in [1.165, 1.54) is 7.11 Å². The van der Waals surface area contributed by atoms with Crippen molar-refractivity contribution >= 4 is 40.8 Å². The lowest BCUT2D eigenvalue weighted by molar-refractivity contribution is -0.141. The molecule has 0 bridgehead atoms. The predicted molar refractivity (Wildman–Crippen MR) is 64.1 cm³/mol. The van der Waals surface area contributed by atoms with Crippen LogP contribution in [0.4, 0.5) is 0 Å². The van der Waals surface area contributed by atoms with E-state index in [0.717, 1.165) is 11.0 Å². The number of rotatable bonds is 2. The maximum absolute atomic E-state index is 11.2. The first-order valence-electron chi connectivity index (χ1n) is 4.56. The Labute approximate surface area is 102 Å². The van der Waals surface area contributed by atoms with Crippen molar-refractivity contribution in [2.45, 2.75) is 6.54 Å². The summed E-state index contributed by atoms with van der Waals surface area (Å²) >= 11 is 11.0. The number of nitrogens with zero attached hydrogens (tertiary/aromatic N) is 1. The van der Waals surface area contributed by atoms with Crippen molar-refractivity contribution in [2.24, 2.45) is 0 Å². The van der Waals surface area contributed by atoms with Crippen LogP contribution in [0.5, 0.6) is 0 Å². The first-order chi connectivity index (χ1) is 7.61. The van der Waals surface area contributed by atoms with Gasteiger partial charge in [0.05, 0.1) is 18.1 Å². The van der Waals surface area contributed by atoms with E-state index in [-0.39, 0.29) is 12.5 Å². The van der Waals surface area contributed by atoms with E-state index in [2.05, 4.69) is 9.72 Å². The molecule has 0 spiro atoms. The Balaban J connectivity index is 2.58. The van der Waals surface area contributed by atoms with Gasteiger partial charge < -0.3 is 14.3 Å². The van der Waals surface area contributed by atoms with Crippen LogP contribution >= 0.6 is 23.8 Å². The minimum Gasteiger partial charge on any atom is -0.468 e. The van der Waals surface area contributed by atoms with Gasteiger partial charge in [-0.1, -0.05) is 11.6 Å². The molecule has 0 aliphatic carbocycles. The lowest BCUT2D eigenvalue weighted by Crippen LogP contribution is -2.11. The maximum Gasteiger partial charge on any atom is 0.325 e. The van der Waals surface area contributed by atoms with Crippen LogP contribution in [-0.4, -0.2) is 22.6 Å². The van der Waals surface area contributed by atoms with Crippen molar-refractivity contribution in [3.8, 4) is 0 Å². The fourth-order valence-electron chi connectivity index (χ4n) is 1.48. The molecule has 0 aliphatic rings. The number of esters is 1. The van der Waals surface area contributed by atoms with Gasteiger partial charge in [-0.3, -0.25) is 4.79 Å². The van der Waals surface area contributed by atoms with E-state index in [0.29, 0.717) is 9.79 Å². The third-order valence-corrected chi connectivity index (χ3v) is 2.81. The molecule has 2 rings (SSSR count). The number of aromatic nitrogens is 2. The SMILES string of the molecule is COC(=O)Cn1c(=S)[nH]c2ccc(Cl)cc21. The summed E-state index contributed by atoms with van der Waals surface area (Å²) in [5.41, 5.74) is 1.64. The zero-order valence-corrected chi connectivity index (χ0v) is 10.1. The molecule has 0 radical (unpaired) electrons. The number of hydrogen-bond donors (Lipinski definition) is 1. The summed E-state index contributed by atoms with van der Waals surface area (Å²) in [6.07, 6.45) is 0. The number of H-pyrrole nitrogens is 1. The summed E-state index contributed by atoms with van der Waals surface area (Å²) < 4.78 is 6.73. The average molecular weight is 257 g/mol. The van der Waals surface area contributed by atoms with E-state index >= 15 is 0 Å². The average Bonchev–Trinajstić information content (AvgIpc) is 2.55. The number of hydrogen-bond acceptors (Lipinski definition) is 3. The van der Waals surface area contributed by atoms with Gasteiger partial charge in [-0.2, -0.15) is 0 Å². The monoisotopic (exact) mass is 256 g/mol. The van der Waals surface area contributed by atoms with E-state index in [9.17, 15) is 4.79 Å². The molecular formula is C10H9ClN2O2S. The summed E-state index contributed by atoms with van der Waals surface area (Å²) in [6, 6.07) is 5.34. The van der Waals surface area contributed by atoms with Gasteiger partial charge in [-0.05, 0) is 30.4 Å². The molecule has 0 unspecified atom stereocenters. The smallest absolute Gasteiger partial charge is 0.325 e. The van der Waals surface area contributed by atoms with E-state index < -0.39 is 0 Å². The number of methoxy groups -OCH3 is 1. The molecule has 2 aromatic rings. The van der Waals surface area contributed by atoms with E-state index in [1.807, 2.05) is 6.07 Å². The zero-order valence-electron chi connectivity index (χ0n) is 8.49. The minimum atomic E-state index is -0.350. The topological polar surface area (TPSA) is 47.0 Å². The Morgan fingerprint density at radius 3 is 3.06 bits per heavy atom. The normalized spacial score (nSPS) is 10.6. The molecule has 0 fully saturated rings. The number of carbonyl (C=O) groups excluding carboxylic acids is 1. The number of halogens is 1. The number of nitrogens with one attached hydrogen (secondary N) is 1. The Kier molecular flexibility index (Phi) is 2.98. The molecule has 84 valence electrons. The van der Waals surface area contributed by atoms with Gasteiger partial charge in [-0.15, -0.1) is 0 Å². The van der Waals surface area contributed by atoms with Crippen LogP contribution < -0.4 is 0 Å². The van der Waals surface area contributed by atoms with Crippen molar-refractivity contribution in [1.29, 1.82) is 0 Å². The quantitative estimate of drug-likeness (QED) is 0.663. The summed E-state index contributed by atoms with van der Waals surface area (Å²) in [5, 5.41) is 0.597. The maximum atomic E-state index is 11.2. The van der Waals surface area contributed by atoms with Crippen molar-refractivity contribution in [3.05, 3.63) is 28.0 Å². The second kappa shape index (κ2) is 4.27. The van der Waals surface area contributed by atoms with Crippen LogP contribution in [0.1, 0.15) is 0 Å². The third-order valence-electron chi connectivity index (χ3n) is 2.25. The molecule has 0 saturated heterocycles. The number of carbonyl (C=O) groups is 1. The first kappa shape index (κ1) is 11.2. The molecule has 0 aliphatic heterocycles. The molecule has 0 amide bonds. The fourth-order valence-corrected chi connectivity index (χ4v) is 1.92. The predicted octanol–water partition coefficient (Wildman–Crippen LogP) is 2.53. The molecule has 16 heavy (non-hydrogen) atoms. The van der Waals surface area contributed by atoms with E-state index in [1.54, 1.807) is 16.7 Å².